The Labute approximate surface area is 147 Å². The van der Waals surface area contributed by atoms with Crippen molar-refractivity contribution < 1.29 is 13.6 Å². The van der Waals surface area contributed by atoms with Gasteiger partial charge in [0.15, 0.2) is 0 Å². The molecule has 0 unspecified atom stereocenters. The summed E-state index contributed by atoms with van der Waals surface area (Å²) in [4.78, 5) is 16.3. The summed E-state index contributed by atoms with van der Waals surface area (Å²) in [6.45, 7) is 0. The van der Waals surface area contributed by atoms with Crippen LogP contribution in [0.3, 0.4) is 0 Å². The van der Waals surface area contributed by atoms with Crippen molar-refractivity contribution in [1.29, 1.82) is 0 Å². The van der Waals surface area contributed by atoms with Crippen LogP contribution < -0.4 is 10.4 Å². The molecular formula is C19H13N3O4. The van der Waals surface area contributed by atoms with Crippen LogP contribution in [0.15, 0.2) is 73.2 Å². The molecule has 0 fully saturated rings. The fourth-order valence-corrected chi connectivity index (χ4v) is 2.49. The quantitative estimate of drug-likeness (QED) is 0.414. The molecule has 0 aliphatic heterocycles. The molecule has 0 N–H and O–H groups in total. The first-order chi connectivity index (χ1) is 12.7. The largest absolute Gasteiger partial charge is 0.496 e. The first-order valence-corrected chi connectivity index (χ1v) is 7.78. The van der Waals surface area contributed by atoms with E-state index in [0.717, 1.165) is 10.9 Å². The van der Waals surface area contributed by atoms with Crippen LogP contribution in [0.4, 0.5) is 6.01 Å². The highest BCUT2D eigenvalue weighted by Gasteiger charge is 2.14. The van der Waals surface area contributed by atoms with Gasteiger partial charge in [-0.3, -0.25) is 0 Å². The lowest BCUT2D eigenvalue weighted by molar-refractivity contribution is 0.414. The van der Waals surface area contributed by atoms with E-state index in [1.54, 1.807) is 31.5 Å². The Morgan fingerprint density at radius 3 is 2.73 bits per heavy atom. The first kappa shape index (κ1) is 15.8. The molecule has 7 nitrogen and oxygen atoms in total. The van der Waals surface area contributed by atoms with E-state index in [2.05, 4.69) is 15.2 Å². The lowest BCUT2D eigenvalue weighted by atomic mass is 10.2. The maximum Gasteiger partial charge on any atom is 0.349 e. The Bertz CT molecular complexity index is 1160. The molecule has 4 aromatic rings. The molecule has 26 heavy (non-hydrogen) atoms. The van der Waals surface area contributed by atoms with Gasteiger partial charge in [-0.2, -0.15) is 0 Å². The van der Waals surface area contributed by atoms with E-state index < -0.39 is 5.63 Å². The number of aromatic nitrogens is 2. The standard InChI is InChI=1S/C19H13N3O4/c1-24-15-8-4-3-7-13(15)11-20-19-22-21-17(26-19)14-10-12-6-2-5-9-16(12)25-18(14)23/h2-11H,1H3/b20-11+. The third kappa shape index (κ3) is 2.98. The zero-order chi connectivity index (χ0) is 17.9. The van der Waals surface area contributed by atoms with E-state index >= 15 is 0 Å². The number of para-hydroxylation sites is 2. The Morgan fingerprint density at radius 2 is 1.85 bits per heavy atom. The monoisotopic (exact) mass is 347 g/mol. The number of benzene rings is 2. The van der Waals surface area contributed by atoms with Crippen molar-refractivity contribution in [3.63, 3.8) is 0 Å². The topological polar surface area (TPSA) is 90.7 Å². The third-order valence-electron chi connectivity index (χ3n) is 3.74. The smallest absolute Gasteiger partial charge is 0.349 e. The molecule has 2 heterocycles. The fourth-order valence-electron chi connectivity index (χ4n) is 2.49. The van der Waals surface area contributed by atoms with Gasteiger partial charge in [-0.1, -0.05) is 35.4 Å². The van der Waals surface area contributed by atoms with Gasteiger partial charge in [-0.05, 0) is 24.3 Å². The van der Waals surface area contributed by atoms with Crippen LogP contribution in [0.5, 0.6) is 5.75 Å². The van der Waals surface area contributed by atoms with Crippen molar-refractivity contribution in [2.45, 2.75) is 0 Å². The molecule has 0 saturated carbocycles. The minimum atomic E-state index is -0.549. The molecule has 0 atom stereocenters. The fraction of sp³-hybridized carbons (Fsp3) is 0.0526. The van der Waals surface area contributed by atoms with Crippen LogP contribution >= 0.6 is 0 Å². The number of fused-ring (bicyclic) bond motifs is 1. The van der Waals surface area contributed by atoms with E-state index in [-0.39, 0.29) is 17.5 Å². The molecule has 0 spiro atoms. The normalized spacial score (nSPS) is 11.3. The van der Waals surface area contributed by atoms with Crippen LogP contribution in [0.1, 0.15) is 5.56 Å². The number of aliphatic imine (C=N–C) groups is 1. The molecule has 0 aliphatic carbocycles. The van der Waals surface area contributed by atoms with Gasteiger partial charge in [0.05, 0.1) is 7.11 Å². The van der Waals surface area contributed by atoms with E-state index in [9.17, 15) is 4.79 Å². The van der Waals surface area contributed by atoms with E-state index in [0.29, 0.717) is 11.3 Å². The highest BCUT2D eigenvalue weighted by molar-refractivity contribution is 5.84. The number of hydrogen-bond acceptors (Lipinski definition) is 7. The van der Waals surface area contributed by atoms with Crippen LogP contribution in [0.2, 0.25) is 0 Å². The molecule has 0 bridgehead atoms. The molecular weight excluding hydrogens is 334 g/mol. The second-order valence-corrected chi connectivity index (χ2v) is 5.38. The summed E-state index contributed by atoms with van der Waals surface area (Å²) in [6, 6.07) is 16.3. The van der Waals surface area contributed by atoms with E-state index in [4.69, 9.17) is 13.6 Å². The molecule has 4 rings (SSSR count). The highest BCUT2D eigenvalue weighted by atomic mass is 16.5. The highest BCUT2D eigenvalue weighted by Crippen LogP contribution is 2.23. The number of rotatable bonds is 4. The molecule has 7 heteroatoms. The summed E-state index contributed by atoms with van der Waals surface area (Å²) in [6.07, 6.45) is 1.55. The second-order valence-electron chi connectivity index (χ2n) is 5.38. The van der Waals surface area contributed by atoms with Crippen molar-refractivity contribution in [3.05, 3.63) is 70.6 Å². The van der Waals surface area contributed by atoms with Gasteiger partial charge in [0.2, 0.25) is 0 Å². The summed E-state index contributed by atoms with van der Waals surface area (Å²) in [7, 11) is 1.58. The van der Waals surface area contributed by atoms with Crippen molar-refractivity contribution >= 4 is 23.2 Å². The zero-order valence-corrected chi connectivity index (χ0v) is 13.7. The zero-order valence-electron chi connectivity index (χ0n) is 13.7. The third-order valence-corrected chi connectivity index (χ3v) is 3.74. The molecule has 2 aromatic carbocycles. The Hall–Kier alpha value is -3.74. The summed E-state index contributed by atoms with van der Waals surface area (Å²) in [5, 5.41) is 8.50. The molecule has 0 amide bonds. The number of nitrogens with zero attached hydrogens (tertiary/aromatic N) is 3. The van der Waals surface area contributed by atoms with E-state index in [1.165, 1.54) is 0 Å². The van der Waals surface area contributed by atoms with Crippen molar-refractivity contribution in [2.24, 2.45) is 4.99 Å². The van der Waals surface area contributed by atoms with Crippen molar-refractivity contribution in [1.82, 2.24) is 10.2 Å². The average molecular weight is 347 g/mol. The summed E-state index contributed by atoms with van der Waals surface area (Å²) >= 11 is 0. The van der Waals surface area contributed by atoms with Gasteiger partial charge in [-0.25, -0.2) is 9.79 Å². The first-order valence-electron chi connectivity index (χ1n) is 7.78. The minimum Gasteiger partial charge on any atom is -0.496 e. The maximum atomic E-state index is 12.2. The maximum absolute atomic E-state index is 12.2. The number of ether oxygens (including phenoxy) is 1. The van der Waals surface area contributed by atoms with Crippen LogP contribution in [-0.4, -0.2) is 23.5 Å². The summed E-state index contributed by atoms with van der Waals surface area (Å²) < 4.78 is 16.0. The average Bonchev–Trinajstić information content (AvgIpc) is 3.14. The van der Waals surface area contributed by atoms with Gasteiger partial charge >= 0.3 is 11.6 Å². The summed E-state index contributed by atoms with van der Waals surface area (Å²) in [5.74, 6) is 0.725. The molecule has 2 aromatic heterocycles. The predicted molar refractivity (Wildman–Crippen MR) is 96.0 cm³/mol. The van der Waals surface area contributed by atoms with Gasteiger partial charge in [0.25, 0.3) is 5.89 Å². The lowest BCUT2D eigenvalue weighted by Crippen LogP contribution is -2.02. The van der Waals surface area contributed by atoms with Crippen molar-refractivity contribution in [2.75, 3.05) is 7.11 Å². The summed E-state index contributed by atoms with van der Waals surface area (Å²) in [5.41, 5.74) is 0.901. The van der Waals surface area contributed by atoms with Crippen LogP contribution in [-0.2, 0) is 0 Å². The SMILES string of the molecule is COc1ccccc1/C=N/c1nnc(-c2cc3ccccc3oc2=O)o1. The van der Waals surface area contributed by atoms with Gasteiger partial charge in [-0.15, -0.1) is 5.10 Å². The molecule has 128 valence electrons. The second kappa shape index (κ2) is 6.64. The van der Waals surface area contributed by atoms with Crippen LogP contribution in [0, 0.1) is 0 Å². The van der Waals surface area contributed by atoms with Gasteiger partial charge in [0, 0.05) is 17.2 Å². The Kier molecular flexibility index (Phi) is 4.03. The molecule has 0 radical (unpaired) electrons. The minimum absolute atomic E-state index is 0.0264. The van der Waals surface area contributed by atoms with Crippen LogP contribution in [0.25, 0.3) is 22.4 Å². The van der Waals surface area contributed by atoms with Gasteiger partial charge in [0.1, 0.15) is 16.9 Å². The lowest BCUT2D eigenvalue weighted by Gasteiger charge is -2.01. The number of methoxy groups -OCH3 is 1. The number of hydrogen-bond donors (Lipinski definition) is 0. The van der Waals surface area contributed by atoms with E-state index in [1.807, 2.05) is 36.4 Å². The Morgan fingerprint density at radius 1 is 1.04 bits per heavy atom. The van der Waals surface area contributed by atoms with Crippen molar-refractivity contribution in [3.8, 4) is 17.2 Å². The molecule has 0 aliphatic rings. The molecule has 0 saturated heterocycles. The predicted octanol–water partition coefficient (Wildman–Crippen LogP) is 3.60. The van der Waals surface area contributed by atoms with Gasteiger partial charge < -0.3 is 13.6 Å². The Balaban J connectivity index is 1.67.